The number of aliphatic carboxylic acids is 1. The van der Waals surface area contributed by atoms with E-state index in [2.05, 4.69) is 5.10 Å². The largest absolute Gasteiger partial charge is 0.550 e. The van der Waals surface area contributed by atoms with E-state index in [1.54, 1.807) is 22.9 Å². The van der Waals surface area contributed by atoms with E-state index in [1.165, 1.54) is 18.2 Å². The van der Waals surface area contributed by atoms with Crippen LogP contribution in [0.5, 0.6) is 0 Å². The predicted octanol–water partition coefficient (Wildman–Crippen LogP) is 1.16. The summed E-state index contributed by atoms with van der Waals surface area (Å²) < 4.78 is 15.0. The van der Waals surface area contributed by atoms with Gasteiger partial charge in [0.2, 0.25) is 0 Å². The van der Waals surface area contributed by atoms with E-state index in [0.29, 0.717) is 0 Å². The first-order valence-corrected chi connectivity index (χ1v) is 9.05. The molecule has 0 saturated heterocycles. The summed E-state index contributed by atoms with van der Waals surface area (Å²) in [6.07, 6.45) is 4.31. The van der Waals surface area contributed by atoms with Gasteiger partial charge in [0.1, 0.15) is 5.82 Å². The lowest BCUT2D eigenvalue weighted by atomic mass is 9.95. The Morgan fingerprint density at radius 3 is 2.67 bits per heavy atom. The molecule has 1 aromatic heterocycles. The molecule has 1 aromatic carbocycles. The number of hydrogen-bond acceptors (Lipinski definition) is 5. The molecule has 2 atom stereocenters. The highest BCUT2D eigenvalue weighted by molar-refractivity contribution is 5.64. The number of benzene rings is 1. The zero-order chi connectivity index (χ0) is 19.4. The van der Waals surface area contributed by atoms with E-state index in [-0.39, 0.29) is 12.2 Å². The quantitative estimate of drug-likeness (QED) is 0.759. The first-order chi connectivity index (χ1) is 12.9. The number of carboxylic acid groups (broad SMARTS) is 1. The van der Waals surface area contributed by atoms with Gasteiger partial charge < -0.3 is 20.1 Å². The summed E-state index contributed by atoms with van der Waals surface area (Å²) in [5.74, 6) is -1.69. The summed E-state index contributed by atoms with van der Waals surface area (Å²) in [5, 5.41) is 34.9. The minimum absolute atomic E-state index is 0.0998. The van der Waals surface area contributed by atoms with Gasteiger partial charge in [0.05, 0.1) is 29.3 Å². The number of nitrogens with zero attached hydrogens (tertiary/aromatic N) is 2. The van der Waals surface area contributed by atoms with Crippen LogP contribution in [0.1, 0.15) is 42.6 Å². The Labute approximate surface area is 156 Å². The van der Waals surface area contributed by atoms with Crippen LogP contribution < -0.4 is 5.11 Å². The summed E-state index contributed by atoms with van der Waals surface area (Å²) in [5.41, 5.74) is 3.63. The van der Waals surface area contributed by atoms with Crippen molar-refractivity contribution < 1.29 is 24.5 Å². The fourth-order valence-corrected chi connectivity index (χ4v) is 3.36. The summed E-state index contributed by atoms with van der Waals surface area (Å²) in [4.78, 5) is 10.5. The van der Waals surface area contributed by atoms with Gasteiger partial charge in [-0.05, 0) is 56.0 Å². The van der Waals surface area contributed by atoms with Crippen molar-refractivity contribution >= 4 is 12.0 Å². The van der Waals surface area contributed by atoms with Crippen molar-refractivity contribution in [2.45, 2.75) is 50.7 Å². The lowest BCUT2D eigenvalue weighted by molar-refractivity contribution is -0.307. The molecule has 1 aliphatic rings. The predicted molar refractivity (Wildman–Crippen MR) is 95.5 cm³/mol. The molecule has 144 valence electrons. The Kier molecular flexibility index (Phi) is 6.03. The Morgan fingerprint density at radius 1 is 1.26 bits per heavy atom. The molecule has 0 aliphatic heterocycles. The maximum absolute atomic E-state index is 13.2. The van der Waals surface area contributed by atoms with Crippen molar-refractivity contribution in [3.8, 4) is 5.69 Å². The number of rotatable bonds is 7. The van der Waals surface area contributed by atoms with Crippen molar-refractivity contribution in [1.82, 2.24) is 9.78 Å². The molecule has 0 radical (unpaired) electrons. The monoisotopic (exact) mass is 373 g/mol. The molecule has 2 N–H and O–H groups in total. The highest BCUT2D eigenvalue weighted by Crippen LogP contribution is 2.27. The van der Waals surface area contributed by atoms with E-state index in [1.807, 2.05) is 0 Å². The molecule has 7 heteroatoms. The highest BCUT2D eigenvalue weighted by atomic mass is 19.1. The van der Waals surface area contributed by atoms with Crippen LogP contribution in [0.4, 0.5) is 4.39 Å². The maximum Gasteiger partial charge on any atom is 0.123 e. The number of carbonyl (C=O) groups is 1. The molecule has 2 aromatic rings. The number of fused-ring (bicyclic) bond motifs is 1. The van der Waals surface area contributed by atoms with Gasteiger partial charge in [-0.25, -0.2) is 9.07 Å². The molecule has 27 heavy (non-hydrogen) atoms. The number of aliphatic hydroxyl groups excluding tert-OH is 2. The molecule has 0 bridgehead atoms. The fraction of sp³-hybridized carbons (Fsp3) is 0.400. The number of halogens is 1. The normalized spacial score (nSPS) is 16.3. The van der Waals surface area contributed by atoms with Crippen LogP contribution in [-0.2, 0) is 17.6 Å². The van der Waals surface area contributed by atoms with Crippen molar-refractivity contribution in [3.63, 3.8) is 0 Å². The van der Waals surface area contributed by atoms with Gasteiger partial charge in [-0.3, -0.25) is 0 Å². The summed E-state index contributed by atoms with van der Waals surface area (Å²) in [6.45, 7) is 0. The number of aryl methyl sites for hydroxylation is 1. The summed E-state index contributed by atoms with van der Waals surface area (Å²) in [7, 11) is 0. The van der Waals surface area contributed by atoms with Crippen LogP contribution in [0.15, 0.2) is 30.3 Å². The molecule has 0 fully saturated rings. The third-order valence-corrected chi connectivity index (χ3v) is 4.66. The van der Waals surface area contributed by atoms with Gasteiger partial charge in [-0.1, -0.05) is 6.08 Å². The van der Waals surface area contributed by atoms with E-state index < -0.39 is 24.6 Å². The molecular formula is C20H22FN2O4-. The maximum atomic E-state index is 13.2. The minimum Gasteiger partial charge on any atom is -0.550 e. The number of hydrogen-bond donors (Lipinski definition) is 2. The molecule has 3 rings (SSSR count). The van der Waals surface area contributed by atoms with Crippen LogP contribution in [0, 0.1) is 5.82 Å². The van der Waals surface area contributed by atoms with E-state index in [0.717, 1.165) is 48.3 Å². The number of aliphatic hydroxyl groups is 2. The first kappa shape index (κ1) is 19.3. The smallest absolute Gasteiger partial charge is 0.123 e. The molecule has 0 saturated carbocycles. The zero-order valence-electron chi connectivity index (χ0n) is 14.8. The molecule has 1 aliphatic carbocycles. The average Bonchev–Trinajstić information content (AvgIpc) is 2.98. The van der Waals surface area contributed by atoms with Crippen LogP contribution in [0.2, 0.25) is 0 Å². The van der Waals surface area contributed by atoms with Crippen molar-refractivity contribution in [2.24, 2.45) is 0 Å². The molecule has 1 heterocycles. The van der Waals surface area contributed by atoms with E-state index >= 15 is 0 Å². The van der Waals surface area contributed by atoms with Crippen molar-refractivity contribution in [3.05, 3.63) is 53.1 Å². The van der Waals surface area contributed by atoms with Crippen molar-refractivity contribution in [2.75, 3.05) is 0 Å². The van der Waals surface area contributed by atoms with Gasteiger partial charge in [-0.15, -0.1) is 0 Å². The Morgan fingerprint density at radius 2 is 1.96 bits per heavy atom. The summed E-state index contributed by atoms with van der Waals surface area (Å²) in [6, 6.07) is 6.03. The lowest BCUT2D eigenvalue weighted by Crippen LogP contribution is -2.29. The molecule has 0 unspecified atom stereocenters. The summed E-state index contributed by atoms with van der Waals surface area (Å²) >= 11 is 0. The van der Waals surface area contributed by atoms with E-state index in [9.17, 15) is 24.5 Å². The van der Waals surface area contributed by atoms with Gasteiger partial charge >= 0.3 is 0 Å². The SMILES string of the molecule is O=C([O-])C[C@H](O)C[C@H](O)/C=C/c1c2c(nn1-c1ccc(F)cc1)CCCC2. The molecular weight excluding hydrogens is 351 g/mol. The molecule has 0 amide bonds. The van der Waals surface area contributed by atoms with Crippen LogP contribution in [-0.4, -0.2) is 38.2 Å². The second-order valence-corrected chi connectivity index (χ2v) is 6.80. The Bertz CT molecular complexity index is 829. The van der Waals surface area contributed by atoms with Gasteiger partial charge in [0.25, 0.3) is 0 Å². The first-order valence-electron chi connectivity index (χ1n) is 9.05. The Balaban J connectivity index is 1.86. The second kappa shape index (κ2) is 8.45. The van der Waals surface area contributed by atoms with Crippen LogP contribution >= 0.6 is 0 Å². The average molecular weight is 373 g/mol. The standard InChI is InChI=1S/C20H23FN2O4/c21-13-5-7-14(8-6-13)23-19(17-3-1-2-4-18(17)22-23)10-9-15(24)11-16(25)12-20(26)27/h5-10,15-16,24-25H,1-4,11-12H2,(H,26,27)/p-1/b10-9+/t15-,16-/m1/s1. The highest BCUT2D eigenvalue weighted by Gasteiger charge is 2.20. The van der Waals surface area contributed by atoms with Crippen LogP contribution in [0.3, 0.4) is 0 Å². The minimum atomic E-state index is -1.36. The molecule has 0 spiro atoms. The van der Waals surface area contributed by atoms with Gasteiger partial charge in [0, 0.05) is 24.4 Å². The van der Waals surface area contributed by atoms with Crippen LogP contribution in [0.25, 0.3) is 11.8 Å². The Hall–Kier alpha value is -2.51. The molecule has 6 nitrogen and oxygen atoms in total. The second-order valence-electron chi connectivity index (χ2n) is 6.80. The number of aromatic nitrogens is 2. The third kappa shape index (κ3) is 4.81. The fourth-order valence-electron chi connectivity index (χ4n) is 3.36. The topological polar surface area (TPSA) is 98.4 Å². The van der Waals surface area contributed by atoms with Crippen molar-refractivity contribution in [1.29, 1.82) is 0 Å². The zero-order valence-corrected chi connectivity index (χ0v) is 14.8. The van der Waals surface area contributed by atoms with Gasteiger partial charge in [0.15, 0.2) is 0 Å². The number of carboxylic acids is 1. The third-order valence-electron chi connectivity index (χ3n) is 4.66. The lowest BCUT2D eigenvalue weighted by Gasteiger charge is -2.14. The van der Waals surface area contributed by atoms with E-state index in [4.69, 9.17) is 0 Å². The van der Waals surface area contributed by atoms with Gasteiger partial charge in [-0.2, -0.15) is 5.10 Å². The number of carbonyl (C=O) groups excluding carboxylic acids is 1.